The molecular formula is C17H26ClN3O3. The van der Waals surface area contributed by atoms with Crippen LogP contribution in [0.5, 0.6) is 5.75 Å². The molecule has 0 bridgehead atoms. The Morgan fingerprint density at radius 2 is 1.79 bits per heavy atom. The number of hydrogen-bond acceptors (Lipinski definition) is 5. The third-order valence-corrected chi connectivity index (χ3v) is 4.20. The number of ether oxygens (including phenoxy) is 2. The number of halogens is 1. The van der Waals surface area contributed by atoms with Crippen LogP contribution < -0.4 is 10.1 Å². The smallest absolute Gasteiger partial charge is 0.234 e. The highest BCUT2D eigenvalue weighted by atomic mass is 35.5. The third kappa shape index (κ3) is 7.05. The first-order valence-electron chi connectivity index (χ1n) is 8.26. The number of carbonyl (C=O) groups is 1. The lowest BCUT2D eigenvalue weighted by atomic mass is 10.3. The van der Waals surface area contributed by atoms with Crippen molar-refractivity contribution in [2.75, 3.05) is 66.1 Å². The number of piperazine rings is 1. The molecule has 2 rings (SSSR count). The third-order valence-electron chi connectivity index (χ3n) is 3.95. The minimum atomic E-state index is 0.0616. The molecule has 0 aromatic heterocycles. The molecule has 0 radical (unpaired) electrons. The van der Waals surface area contributed by atoms with Crippen molar-refractivity contribution in [3.8, 4) is 5.75 Å². The minimum absolute atomic E-state index is 0.0616. The quantitative estimate of drug-likeness (QED) is 0.672. The van der Waals surface area contributed by atoms with Gasteiger partial charge in [-0.3, -0.25) is 14.6 Å². The van der Waals surface area contributed by atoms with Gasteiger partial charge in [-0.1, -0.05) is 11.6 Å². The average molecular weight is 356 g/mol. The van der Waals surface area contributed by atoms with Crippen LogP contribution in [0, 0.1) is 0 Å². The number of rotatable bonds is 9. The van der Waals surface area contributed by atoms with E-state index in [0.29, 0.717) is 31.3 Å². The fraction of sp³-hybridized carbons (Fsp3) is 0.588. The Morgan fingerprint density at radius 3 is 2.46 bits per heavy atom. The monoisotopic (exact) mass is 355 g/mol. The predicted molar refractivity (Wildman–Crippen MR) is 94.7 cm³/mol. The summed E-state index contributed by atoms with van der Waals surface area (Å²) in [4.78, 5) is 16.3. The molecule has 1 N–H and O–H groups in total. The summed E-state index contributed by atoms with van der Waals surface area (Å²) < 4.78 is 10.6. The summed E-state index contributed by atoms with van der Waals surface area (Å²) in [6, 6.07) is 7.41. The summed E-state index contributed by atoms with van der Waals surface area (Å²) >= 11 is 5.85. The molecule has 1 saturated heterocycles. The van der Waals surface area contributed by atoms with Crippen molar-refractivity contribution in [3.05, 3.63) is 29.3 Å². The Kier molecular flexibility index (Phi) is 8.32. The Labute approximate surface area is 148 Å². The van der Waals surface area contributed by atoms with Crippen molar-refractivity contribution in [1.29, 1.82) is 0 Å². The van der Waals surface area contributed by atoms with E-state index in [0.717, 1.165) is 38.5 Å². The molecule has 1 aromatic rings. The van der Waals surface area contributed by atoms with Crippen LogP contribution in [0.4, 0.5) is 0 Å². The molecule has 0 saturated carbocycles. The largest absolute Gasteiger partial charge is 0.492 e. The van der Waals surface area contributed by atoms with Crippen LogP contribution in [0.1, 0.15) is 0 Å². The standard InChI is InChI=1S/C17H26ClN3O3/c1-23-12-6-19-17(22)14-21-9-7-20(8-10-21)11-13-24-16-4-2-15(18)3-5-16/h2-5H,6-14H2,1H3,(H,19,22). The summed E-state index contributed by atoms with van der Waals surface area (Å²) in [6.45, 7) is 6.82. The number of amides is 1. The van der Waals surface area contributed by atoms with Gasteiger partial charge in [-0.15, -0.1) is 0 Å². The zero-order valence-electron chi connectivity index (χ0n) is 14.2. The van der Waals surface area contributed by atoms with Crippen molar-refractivity contribution >= 4 is 17.5 Å². The molecule has 0 aliphatic carbocycles. The van der Waals surface area contributed by atoms with E-state index in [1.165, 1.54) is 0 Å². The summed E-state index contributed by atoms with van der Waals surface area (Å²) in [6.07, 6.45) is 0. The van der Waals surface area contributed by atoms with Gasteiger partial charge in [0.1, 0.15) is 12.4 Å². The van der Waals surface area contributed by atoms with Crippen LogP contribution in [-0.4, -0.2) is 81.8 Å². The molecular weight excluding hydrogens is 330 g/mol. The Hall–Kier alpha value is -1.34. The lowest BCUT2D eigenvalue weighted by Crippen LogP contribution is -2.50. The molecule has 24 heavy (non-hydrogen) atoms. The molecule has 0 unspecified atom stereocenters. The second-order valence-corrected chi connectivity index (χ2v) is 6.20. The van der Waals surface area contributed by atoms with Crippen molar-refractivity contribution in [3.63, 3.8) is 0 Å². The number of methoxy groups -OCH3 is 1. The highest BCUT2D eigenvalue weighted by Crippen LogP contribution is 2.15. The van der Waals surface area contributed by atoms with E-state index in [9.17, 15) is 4.79 Å². The van der Waals surface area contributed by atoms with Crippen LogP contribution in [-0.2, 0) is 9.53 Å². The van der Waals surface area contributed by atoms with Gasteiger partial charge in [-0.2, -0.15) is 0 Å². The van der Waals surface area contributed by atoms with Gasteiger partial charge in [-0.05, 0) is 24.3 Å². The van der Waals surface area contributed by atoms with Crippen molar-refractivity contribution < 1.29 is 14.3 Å². The highest BCUT2D eigenvalue weighted by Gasteiger charge is 2.18. The van der Waals surface area contributed by atoms with E-state index in [-0.39, 0.29) is 5.91 Å². The van der Waals surface area contributed by atoms with E-state index in [1.807, 2.05) is 24.3 Å². The Bertz CT molecular complexity index is 490. The topological polar surface area (TPSA) is 54.0 Å². The molecule has 1 aliphatic heterocycles. The van der Waals surface area contributed by atoms with E-state index in [1.54, 1.807) is 7.11 Å². The van der Waals surface area contributed by atoms with Gasteiger partial charge in [-0.25, -0.2) is 0 Å². The first-order chi connectivity index (χ1) is 11.7. The van der Waals surface area contributed by atoms with Crippen molar-refractivity contribution in [1.82, 2.24) is 15.1 Å². The average Bonchev–Trinajstić information content (AvgIpc) is 2.58. The zero-order chi connectivity index (χ0) is 17.2. The van der Waals surface area contributed by atoms with Gasteiger partial charge in [0, 0.05) is 51.4 Å². The van der Waals surface area contributed by atoms with Gasteiger partial charge in [0.05, 0.1) is 13.2 Å². The van der Waals surface area contributed by atoms with Crippen molar-refractivity contribution in [2.24, 2.45) is 0 Å². The highest BCUT2D eigenvalue weighted by molar-refractivity contribution is 6.30. The van der Waals surface area contributed by atoms with Crippen LogP contribution in [0.3, 0.4) is 0 Å². The fourth-order valence-electron chi connectivity index (χ4n) is 2.55. The van der Waals surface area contributed by atoms with Crippen LogP contribution >= 0.6 is 11.6 Å². The maximum Gasteiger partial charge on any atom is 0.234 e. The maximum absolute atomic E-state index is 11.8. The summed E-state index contributed by atoms with van der Waals surface area (Å²) in [5.74, 6) is 0.900. The van der Waals surface area contributed by atoms with Crippen LogP contribution in [0.15, 0.2) is 24.3 Å². The number of nitrogens with one attached hydrogen (secondary N) is 1. The van der Waals surface area contributed by atoms with E-state index < -0.39 is 0 Å². The zero-order valence-corrected chi connectivity index (χ0v) is 14.9. The number of hydrogen-bond donors (Lipinski definition) is 1. The van der Waals surface area contributed by atoms with E-state index >= 15 is 0 Å². The second kappa shape index (κ2) is 10.5. The molecule has 1 fully saturated rings. The lowest BCUT2D eigenvalue weighted by Gasteiger charge is -2.34. The lowest BCUT2D eigenvalue weighted by molar-refractivity contribution is -0.122. The molecule has 1 amide bonds. The van der Waals surface area contributed by atoms with Gasteiger partial charge in [0.15, 0.2) is 0 Å². The molecule has 7 heteroatoms. The summed E-state index contributed by atoms with van der Waals surface area (Å²) in [5.41, 5.74) is 0. The molecule has 0 atom stereocenters. The summed E-state index contributed by atoms with van der Waals surface area (Å²) in [7, 11) is 1.63. The van der Waals surface area contributed by atoms with Gasteiger partial charge >= 0.3 is 0 Å². The van der Waals surface area contributed by atoms with Gasteiger partial charge in [0.2, 0.25) is 5.91 Å². The van der Waals surface area contributed by atoms with Gasteiger partial charge in [0.25, 0.3) is 0 Å². The molecule has 1 aromatic carbocycles. The van der Waals surface area contributed by atoms with Gasteiger partial charge < -0.3 is 14.8 Å². The Balaban J connectivity index is 1.57. The summed E-state index contributed by atoms with van der Waals surface area (Å²) in [5, 5.41) is 3.56. The fourth-order valence-corrected chi connectivity index (χ4v) is 2.67. The molecule has 6 nitrogen and oxygen atoms in total. The predicted octanol–water partition coefficient (Wildman–Crippen LogP) is 1.10. The van der Waals surface area contributed by atoms with Crippen LogP contribution in [0.25, 0.3) is 0 Å². The molecule has 134 valence electrons. The van der Waals surface area contributed by atoms with E-state index in [2.05, 4.69) is 15.1 Å². The second-order valence-electron chi connectivity index (χ2n) is 5.76. The first-order valence-corrected chi connectivity index (χ1v) is 8.64. The first kappa shape index (κ1) is 19.0. The SMILES string of the molecule is COCCNC(=O)CN1CCN(CCOc2ccc(Cl)cc2)CC1. The number of carbonyl (C=O) groups excluding carboxylic acids is 1. The molecule has 1 heterocycles. The molecule has 1 aliphatic rings. The van der Waals surface area contributed by atoms with Crippen LogP contribution in [0.2, 0.25) is 5.02 Å². The maximum atomic E-state index is 11.8. The number of nitrogens with zero attached hydrogens (tertiary/aromatic N) is 2. The van der Waals surface area contributed by atoms with E-state index in [4.69, 9.17) is 21.1 Å². The number of benzene rings is 1. The molecule has 0 spiro atoms. The normalized spacial score (nSPS) is 16.1. The minimum Gasteiger partial charge on any atom is -0.492 e. The van der Waals surface area contributed by atoms with Crippen molar-refractivity contribution in [2.45, 2.75) is 0 Å². The Morgan fingerprint density at radius 1 is 1.12 bits per heavy atom.